The zero-order valence-corrected chi connectivity index (χ0v) is 29.6. The van der Waals surface area contributed by atoms with Crippen LogP contribution in [-0.4, -0.2) is 0 Å². The molecule has 0 unspecified atom stereocenters. The van der Waals surface area contributed by atoms with E-state index in [2.05, 4.69) is 164 Å². The first kappa shape index (κ1) is 30.4. The van der Waals surface area contributed by atoms with E-state index in [-0.39, 0.29) is 0 Å². The zero-order valence-electron chi connectivity index (χ0n) is 29.6. The van der Waals surface area contributed by atoms with E-state index in [1.165, 1.54) is 109 Å². The third kappa shape index (κ3) is 4.77. The average Bonchev–Trinajstić information content (AvgIpc) is 3.59. The van der Waals surface area contributed by atoms with Crippen molar-refractivity contribution >= 4 is 65.0 Å². The van der Waals surface area contributed by atoms with Crippen molar-refractivity contribution in [3.63, 3.8) is 0 Å². The molecule has 1 saturated carbocycles. The Morgan fingerprint density at radius 2 is 0.774 bits per heavy atom. The van der Waals surface area contributed by atoms with Crippen LogP contribution in [0.1, 0.15) is 43.6 Å². The van der Waals surface area contributed by atoms with Gasteiger partial charge in [0, 0.05) is 10.8 Å². The Bertz CT molecular complexity index is 2920. The zero-order chi connectivity index (χ0) is 34.9. The molecule has 1 fully saturated rings. The molecule has 9 aromatic carbocycles. The first-order valence-electron chi connectivity index (χ1n) is 19.2. The monoisotopic (exact) mass is 678 g/mol. The van der Waals surface area contributed by atoms with Gasteiger partial charge in [0.2, 0.25) is 0 Å². The Balaban J connectivity index is 1.11. The van der Waals surface area contributed by atoms with Crippen LogP contribution >= 0.6 is 0 Å². The summed E-state index contributed by atoms with van der Waals surface area (Å²) in [4.78, 5) is 0. The quantitative estimate of drug-likeness (QED) is 0.169. The second kappa shape index (κ2) is 12.2. The molecule has 0 amide bonds. The lowest BCUT2D eigenvalue weighted by molar-refractivity contribution is 0.447. The Hall–Kier alpha value is -6.18. The number of hydrogen-bond acceptors (Lipinski definition) is 1. The van der Waals surface area contributed by atoms with Crippen LogP contribution < -0.4 is 0 Å². The van der Waals surface area contributed by atoms with E-state index in [1.807, 2.05) is 0 Å². The normalized spacial score (nSPS) is 14.0. The van der Waals surface area contributed by atoms with Crippen LogP contribution in [-0.2, 0) is 0 Å². The molecule has 0 spiro atoms. The lowest BCUT2D eigenvalue weighted by Crippen LogP contribution is -2.06. The molecule has 0 atom stereocenters. The summed E-state index contributed by atoms with van der Waals surface area (Å²) in [5.74, 6) is 0.614. The average molecular weight is 679 g/mol. The number of hydrogen-bond donors (Lipinski definition) is 0. The number of benzene rings is 9. The Morgan fingerprint density at radius 3 is 1.34 bits per heavy atom. The molecular formula is C52H38O. The summed E-state index contributed by atoms with van der Waals surface area (Å²) in [7, 11) is 0. The molecule has 11 rings (SSSR count). The molecule has 1 heterocycles. The van der Waals surface area contributed by atoms with E-state index in [4.69, 9.17) is 4.42 Å². The molecule has 0 radical (unpaired) electrons. The van der Waals surface area contributed by atoms with Crippen LogP contribution in [0.25, 0.3) is 98.4 Å². The highest BCUT2D eigenvalue weighted by molar-refractivity contribution is 6.22. The van der Waals surface area contributed by atoms with Crippen LogP contribution in [0, 0.1) is 0 Å². The standard InChI is InChI=1S/C52H38O/c1-3-15-33(16-4-1)49-38-19-7-11-23-42(38)51(43-24-12-8-20-39(43)49)35-28-30-47-46(31-35)37-29-27-36(32-48(37)53-47)52-44-25-13-9-21-40(44)50(34-17-5-2-6-18-34)41-22-10-14-26-45(41)52/h1,3-4,7-16,19-32,34H,2,5-6,17-18H2. The maximum atomic E-state index is 6.70. The largest absolute Gasteiger partial charge is 0.456 e. The van der Waals surface area contributed by atoms with Crippen molar-refractivity contribution in [3.05, 3.63) is 169 Å². The van der Waals surface area contributed by atoms with Gasteiger partial charge in [0.05, 0.1) is 0 Å². The van der Waals surface area contributed by atoms with Gasteiger partial charge in [-0.15, -0.1) is 0 Å². The van der Waals surface area contributed by atoms with Crippen LogP contribution in [0.3, 0.4) is 0 Å². The summed E-state index contributed by atoms with van der Waals surface area (Å²) >= 11 is 0. The van der Waals surface area contributed by atoms with Gasteiger partial charge >= 0.3 is 0 Å². The number of fused-ring (bicyclic) bond motifs is 7. The molecule has 1 aliphatic rings. The van der Waals surface area contributed by atoms with Crippen molar-refractivity contribution < 1.29 is 4.42 Å². The number of rotatable bonds is 4. The molecule has 1 heteroatoms. The third-order valence-electron chi connectivity index (χ3n) is 12.0. The van der Waals surface area contributed by atoms with E-state index < -0.39 is 0 Å². The minimum atomic E-state index is 0.614. The Labute approximate surface area is 309 Å². The van der Waals surface area contributed by atoms with Crippen LogP contribution in [0.15, 0.2) is 168 Å². The molecular weight excluding hydrogens is 641 g/mol. The second-order valence-corrected chi connectivity index (χ2v) is 14.9. The van der Waals surface area contributed by atoms with Crippen molar-refractivity contribution in [3.8, 4) is 33.4 Å². The van der Waals surface area contributed by atoms with Gasteiger partial charge in [-0.1, -0.05) is 159 Å². The lowest BCUT2D eigenvalue weighted by Gasteiger charge is -2.26. The van der Waals surface area contributed by atoms with Crippen molar-refractivity contribution in [2.24, 2.45) is 0 Å². The van der Waals surface area contributed by atoms with Crippen molar-refractivity contribution in [2.75, 3.05) is 0 Å². The molecule has 10 aromatic rings. The highest BCUT2D eigenvalue weighted by Gasteiger charge is 2.24. The summed E-state index contributed by atoms with van der Waals surface area (Å²) in [6, 6.07) is 60.4. The molecule has 0 saturated heterocycles. The second-order valence-electron chi connectivity index (χ2n) is 14.9. The molecule has 1 nitrogen and oxygen atoms in total. The van der Waals surface area contributed by atoms with Gasteiger partial charge in [-0.25, -0.2) is 0 Å². The topological polar surface area (TPSA) is 13.1 Å². The fraction of sp³-hybridized carbons (Fsp3) is 0.115. The molecule has 53 heavy (non-hydrogen) atoms. The maximum Gasteiger partial charge on any atom is 0.136 e. The van der Waals surface area contributed by atoms with Gasteiger partial charge in [-0.05, 0) is 125 Å². The molecule has 252 valence electrons. The predicted octanol–water partition coefficient (Wildman–Crippen LogP) is 15.2. The summed E-state index contributed by atoms with van der Waals surface area (Å²) in [5, 5.41) is 12.8. The summed E-state index contributed by atoms with van der Waals surface area (Å²) in [6.45, 7) is 0. The molecule has 1 aromatic heterocycles. The highest BCUT2D eigenvalue weighted by atomic mass is 16.3. The lowest BCUT2D eigenvalue weighted by atomic mass is 9.78. The first-order chi connectivity index (χ1) is 26.3. The van der Waals surface area contributed by atoms with Crippen LogP contribution in [0.2, 0.25) is 0 Å². The Kier molecular flexibility index (Phi) is 7.01. The predicted molar refractivity (Wildman–Crippen MR) is 226 cm³/mol. The molecule has 0 aliphatic heterocycles. The van der Waals surface area contributed by atoms with Gasteiger partial charge in [-0.3, -0.25) is 0 Å². The SMILES string of the molecule is c1ccc(-c2c3ccccc3c(-c3ccc4oc5cc(-c6c7ccccc7c(C7CCCCC7)c7ccccc67)ccc5c4c3)c3ccccc23)cc1. The minimum Gasteiger partial charge on any atom is -0.456 e. The Morgan fingerprint density at radius 1 is 0.321 bits per heavy atom. The maximum absolute atomic E-state index is 6.70. The van der Waals surface area contributed by atoms with Gasteiger partial charge < -0.3 is 4.42 Å². The van der Waals surface area contributed by atoms with Crippen LogP contribution in [0.5, 0.6) is 0 Å². The highest BCUT2D eigenvalue weighted by Crippen LogP contribution is 2.48. The van der Waals surface area contributed by atoms with E-state index in [9.17, 15) is 0 Å². The van der Waals surface area contributed by atoms with Crippen molar-refractivity contribution in [1.82, 2.24) is 0 Å². The summed E-state index contributed by atoms with van der Waals surface area (Å²) in [6.07, 6.45) is 6.57. The summed E-state index contributed by atoms with van der Waals surface area (Å²) < 4.78 is 6.70. The van der Waals surface area contributed by atoms with E-state index in [0.29, 0.717) is 5.92 Å². The number of furan rings is 1. The third-order valence-corrected chi connectivity index (χ3v) is 12.0. The molecule has 1 aliphatic carbocycles. The molecule has 0 bridgehead atoms. The van der Waals surface area contributed by atoms with E-state index >= 15 is 0 Å². The van der Waals surface area contributed by atoms with Crippen LogP contribution in [0.4, 0.5) is 0 Å². The van der Waals surface area contributed by atoms with Crippen molar-refractivity contribution in [2.45, 2.75) is 38.0 Å². The summed E-state index contributed by atoms with van der Waals surface area (Å²) in [5.41, 5.74) is 10.9. The van der Waals surface area contributed by atoms with Gasteiger partial charge in [0.15, 0.2) is 0 Å². The fourth-order valence-corrected chi connectivity index (χ4v) is 9.75. The van der Waals surface area contributed by atoms with Gasteiger partial charge in [0.1, 0.15) is 11.2 Å². The first-order valence-corrected chi connectivity index (χ1v) is 19.2. The van der Waals surface area contributed by atoms with Gasteiger partial charge in [0.25, 0.3) is 0 Å². The fourth-order valence-electron chi connectivity index (χ4n) is 9.75. The van der Waals surface area contributed by atoms with E-state index in [0.717, 1.165) is 21.9 Å². The van der Waals surface area contributed by atoms with Crippen molar-refractivity contribution in [1.29, 1.82) is 0 Å². The van der Waals surface area contributed by atoms with Gasteiger partial charge in [-0.2, -0.15) is 0 Å². The smallest absolute Gasteiger partial charge is 0.136 e. The van der Waals surface area contributed by atoms with E-state index in [1.54, 1.807) is 5.56 Å². The molecule has 0 N–H and O–H groups in total. The minimum absolute atomic E-state index is 0.614.